The van der Waals surface area contributed by atoms with Gasteiger partial charge in [-0.1, -0.05) is 29.8 Å². The predicted octanol–water partition coefficient (Wildman–Crippen LogP) is 6.80. The van der Waals surface area contributed by atoms with Crippen LogP contribution in [-0.2, 0) is 20.9 Å². The molecular weight excluding hydrogens is 558 g/mol. The van der Waals surface area contributed by atoms with Gasteiger partial charge in [0.05, 0.1) is 11.6 Å². The van der Waals surface area contributed by atoms with Crippen molar-refractivity contribution in [2.45, 2.75) is 64.4 Å². The number of benzene rings is 2. The fourth-order valence-corrected chi connectivity index (χ4v) is 6.65. The minimum Gasteiger partial charge on any atom is -0.493 e. The highest BCUT2D eigenvalue weighted by Crippen LogP contribution is 2.51. The number of allylic oxidation sites excluding steroid dienone is 4. The number of aryl methyl sites for hydroxylation is 1. The highest BCUT2D eigenvalue weighted by molar-refractivity contribution is 9.10. The van der Waals surface area contributed by atoms with Gasteiger partial charge < -0.3 is 19.1 Å². The van der Waals surface area contributed by atoms with Crippen molar-refractivity contribution in [1.82, 2.24) is 4.90 Å². The zero-order valence-corrected chi connectivity index (χ0v) is 24.6. The molecule has 0 saturated heterocycles. The second-order valence-electron chi connectivity index (χ2n) is 10.5. The molecule has 6 nitrogen and oxygen atoms in total. The summed E-state index contributed by atoms with van der Waals surface area (Å²) in [7, 11) is 3.32. The lowest BCUT2D eigenvalue weighted by Crippen LogP contribution is -2.39. The Bertz CT molecular complexity index is 1280. The van der Waals surface area contributed by atoms with E-state index >= 15 is 0 Å². The summed E-state index contributed by atoms with van der Waals surface area (Å²) >= 11 is 3.72. The van der Waals surface area contributed by atoms with E-state index in [-0.39, 0.29) is 11.6 Å². The van der Waals surface area contributed by atoms with Crippen molar-refractivity contribution < 1.29 is 23.8 Å². The van der Waals surface area contributed by atoms with Gasteiger partial charge in [0.1, 0.15) is 6.61 Å². The van der Waals surface area contributed by atoms with E-state index in [1.54, 1.807) is 14.2 Å². The molecule has 5 rings (SSSR count). The molecule has 0 N–H and O–H groups in total. The van der Waals surface area contributed by atoms with Gasteiger partial charge in [-0.15, -0.1) is 0 Å². The topological polar surface area (TPSA) is 65.1 Å². The molecule has 0 bridgehead atoms. The summed E-state index contributed by atoms with van der Waals surface area (Å²) in [4.78, 5) is 29.4. The Morgan fingerprint density at radius 2 is 1.56 bits per heavy atom. The van der Waals surface area contributed by atoms with Crippen molar-refractivity contribution in [3.63, 3.8) is 0 Å². The SMILES string of the molecule is COCCCN1C2=C(C(=O)CCC2)C(c2cc(Br)c(OCc3ccc(C)cc3)c(OC)c2)C2=C1CCCC2=O. The molecule has 0 unspecified atom stereocenters. The molecule has 0 aromatic heterocycles. The van der Waals surface area contributed by atoms with Crippen LogP contribution in [0.2, 0.25) is 0 Å². The molecule has 0 spiro atoms. The van der Waals surface area contributed by atoms with Crippen molar-refractivity contribution in [2.75, 3.05) is 27.4 Å². The van der Waals surface area contributed by atoms with Gasteiger partial charge in [0.15, 0.2) is 23.1 Å². The van der Waals surface area contributed by atoms with Crippen LogP contribution in [0, 0.1) is 6.92 Å². The van der Waals surface area contributed by atoms with Crippen LogP contribution >= 0.6 is 15.9 Å². The number of ether oxygens (including phenoxy) is 3. The van der Waals surface area contributed by atoms with Gasteiger partial charge in [0, 0.05) is 61.6 Å². The molecule has 7 heteroatoms. The molecule has 39 heavy (non-hydrogen) atoms. The highest BCUT2D eigenvalue weighted by atomic mass is 79.9. The van der Waals surface area contributed by atoms with E-state index < -0.39 is 5.92 Å². The number of hydrogen-bond acceptors (Lipinski definition) is 6. The Balaban J connectivity index is 1.57. The summed E-state index contributed by atoms with van der Waals surface area (Å²) in [6.45, 7) is 3.85. The number of nitrogens with zero attached hydrogens (tertiary/aromatic N) is 1. The molecule has 1 heterocycles. The molecule has 2 aromatic carbocycles. The second-order valence-corrected chi connectivity index (χ2v) is 11.4. The first-order valence-electron chi connectivity index (χ1n) is 13.8. The number of ketones is 2. The number of carbonyl (C=O) groups excluding carboxylic acids is 2. The van der Waals surface area contributed by atoms with Crippen LogP contribution in [0.3, 0.4) is 0 Å². The van der Waals surface area contributed by atoms with E-state index in [1.807, 2.05) is 12.1 Å². The molecule has 0 saturated carbocycles. The first kappa shape index (κ1) is 27.7. The van der Waals surface area contributed by atoms with E-state index in [4.69, 9.17) is 14.2 Å². The van der Waals surface area contributed by atoms with Crippen LogP contribution < -0.4 is 9.47 Å². The summed E-state index contributed by atoms with van der Waals surface area (Å²) in [5.74, 6) is 1.05. The average Bonchev–Trinajstić information content (AvgIpc) is 2.93. The Morgan fingerprint density at radius 3 is 2.15 bits per heavy atom. The third-order valence-electron chi connectivity index (χ3n) is 7.91. The summed E-state index contributed by atoms with van der Waals surface area (Å²) in [5, 5.41) is 0. The zero-order valence-electron chi connectivity index (χ0n) is 23.0. The largest absolute Gasteiger partial charge is 0.493 e. The summed E-state index contributed by atoms with van der Waals surface area (Å²) in [6.07, 6.45) is 5.20. The summed E-state index contributed by atoms with van der Waals surface area (Å²) in [6, 6.07) is 12.2. The van der Waals surface area contributed by atoms with Gasteiger partial charge in [-0.3, -0.25) is 9.59 Å². The maximum Gasteiger partial charge on any atom is 0.175 e. The zero-order chi connectivity index (χ0) is 27.5. The molecular formula is C32H36BrNO5. The standard InChI is InChI=1S/C32H36BrNO5/c1-20-11-13-21(14-12-20)19-39-32-23(33)17-22(18-28(32)38-3)29-30-24(7-4-9-26(30)35)34(15-6-16-37-2)25-8-5-10-27(36)31(25)29/h11-14,17-18,29H,4-10,15-16,19H2,1-3H3. The van der Waals surface area contributed by atoms with E-state index in [1.165, 1.54) is 5.56 Å². The van der Waals surface area contributed by atoms with Crippen LogP contribution in [0.1, 0.15) is 67.6 Å². The number of hydrogen-bond donors (Lipinski definition) is 0. The Hall–Kier alpha value is -2.90. The second kappa shape index (κ2) is 12.1. The lowest BCUT2D eigenvalue weighted by Gasteiger charge is -2.44. The van der Waals surface area contributed by atoms with Crippen LogP contribution in [-0.4, -0.2) is 43.8 Å². The van der Waals surface area contributed by atoms with Crippen molar-refractivity contribution in [3.8, 4) is 11.5 Å². The van der Waals surface area contributed by atoms with Crippen molar-refractivity contribution in [3.05, 3.63) is 80.1 Å². The summed E-state index contributed by atoms with van der Waals surface area (Å²) in [5.41, 5.74) is 6.84. The Morgan fingerprint density at radius 1 is 0.923 bits per heavy atom. The molecule has 206 valence electrons. The molecule has 2 aliphatic carbocycles. The molecule has 0 amide bonds. The van der Waals surface area contributed by atoms with Gasteiger partial charge >= 0.3 is 0 Å². The lowest BCUT2D eigenvalue weighted by molar-refractivity contribution is -0.117. The normalized spacial score (nSPS) is 17.9. The quantitative estimate of drug-likeness (QED) is 0.298. The molecule has 0 atom stereocenters. The van der Waals surface area contributed by atoms with Crippen LogP contribution in [0.5, 0.6) is 11.5 Å². The number of Topliss-reactive ketones (excluding diaryl/α,β-unsaturated/α-hetero) is 2. The molecule has 0 radical (unpaired) electrons. The fraction of sp³-hybridized carbons (Fsp3) is 0.438. The molecule has 3 aliphatic rings. The van der Waals surface area contributed by atoms with E-state index in [0.717, 1.165) is 76.8 Å². The minimum atomic E-state index is -0.398. The van der Waals surface area contributed by atoms with Crippen LogP contribution in [0.15, 0.2) is 63.4 Å². The monoisotopic (exact) mass is 593 g/mol. The van der Waals surface area contributed by atoms with E-state index in [0.29, 0.717) is 37.6 Å². The van der Waals surface area contributed by atoms with Gasteiger partial charge in [0.25, 0.3) is 0 Å². The number of halogens is 1. The maximum absolute atomic E-state index is 13.5. The molecule has 0 fully saturated rings. The highest BCUT2D eigenvalue weighted by Gasteiger charge is 2.43. The van der Waals surface area contributed by atoms with Crippen LogP contribution in [0.4, 0.5) is 0 Å². The number of carbonyl (C=O) groups is 2. The minimum absolute atomic E-state index is 0.137. The van der Waals surface area contributed by atoms with E-state index in [9.17, 15) is 9.59 Å². The number of rotatable bonds is 9. The van der Waals surface area contributed by atoms with Crippen molar-refractivity contribution in [1.29, 1.82) is 0 Å². The average molecular weight is 595 g/mol. The maximum atomic E-state index is 13.5. The van der Waals surface area contributed by atoms with Gasteiger partial charge in [-0.25, -0.2) is 0 Å². The smallest absolute Gasteiger partial charge is 0.175 e. The Labute approximate surface area is 239 Å². The van der Waals surface area contributed by atoms with Gasteiger partial charge in [-0.05, 0) is 78.2 Å². The van der Waals surface area contributed by atoms with Crippen LogP contribution in [0.25, 0.3) is 0 Å². The summed E-state index contributed by atoms with van der Waals surface area (Å²) < 4.78 is 18.1. The number of methoxy groups -OCH3 is 2. The third kappa shape index (κ3) is 5.57. The third-order valence-corrected chi connectivity index (χ3v) is 8.49. The van der Waals surface area contributed by atoms with Gasteiger partial charge in [-0.2, -0.15) is 0 Å². The lowest BCUT2D eigenvalue weighted by atomic mass is 9.71. The first-order chi connectivity index (χ1) is 18.9. The van der Waals surface area contributed by atoms with Crippen molar-refractivity contribution >= 4 is 27.5 Å². The fourth-order valence-electron chi connectivity index (χ4n) is 6.07. The Kier molecular flexibility index (Phi) is 8.57. The molecule has 2 aromatic rings. The predicted molar refractivity (Wildman–Crippen MR) is 154 cm³/mol. The first-order valence-corrected chi connectivity index (χ1v) is 14.6. The van der Waals surface area contributed by atoms with Crippen molar-refractivity contribution in [2.24, 2.45) is 0 Å². The molecule has 1 aliphatic heterocycles. The van der Waals surface area contributed by atoms with E-state index in [2.05, 4.69) is 52.0 Å². The van der Waals surface area contributed by atoms with Gasteiger partial charge in [0.2, 0.25) is 0 Å².